The third kappa shape index (κ3) is 9.30. The third-order valence-electron chi connectivity index (χ3n) is 7.02. The summed E-state index contributed by atoms with van der Waals surface area (Å²) in [6, 6.07) is 8.38. The summed E-state index contributed by atoms with van der Waals surface area (Å²) in [4.78, 5) is 65.9. The molecule has 3 amide bonds. The number of aromatic hydroxyl groups is 1. The Bertz CT molecular complexity index is 1450. The van der Waals surface area contributed by atoms with Crippen LogP contribution in [0.5, 0.6) is 5.75 Å². The molecule has 0 aliphatic rings. The molecular weight excluding hydrogens is 558 g/mol. The van der Waals surface area contributed by atoms with Gasteiger partial charge in [-0.3, -0.25) is 19.2 Å². The van der Waals surface area contributed by atoms with Crippen LogP contribution in [-0.2, 0) is 36.8 Å². The van der Waals surface area contributed by atoms with E-state index in [4.69, 9.17) is 10.8 Å². The number of nitrogens with one attached hydrogen (secondary N) is 4. The number of aliphatic carboxylic acids is 2. The van der Waals surface area contributed by atoms with E-state index in [0.29, 0.717) is 5.56 Å². The fraction of sp³-hybridized carbons (Fsp3) is 0.367. The van der Waals surface area contributed by atoms with Gasteiger partial charge in [0.15, 0.2) is 0 Å². The molecule has 2 aromatic carbocycles. The molecule has 13 heteroatoms. The van der Waals surface area contributed by atoms with Crippen molar-refractivity contribution in [1.82, 2.24) is 20.9 Å². The molecule has 4 unspecified atom stereocenters. The summed E-state index contributed by atoms with van der Waals surface area (Å²) >= 11 is 0. The standard InChI is InChI=1S/C30H37N5O8/c1-16(2)26(31)29(41)35-24(14-18-15-32-21-6-4-3-5-20(18)21)28(40)34-23(13-17-7-9-19(36)10-8-17)27(39)33-22(30(42)43)11-12-25(37)38/h3-10,15-16,22-24,26,32,36H,11-14,31H2,1-2H3,(H,33,39)(H,34,40)(H,35,41)(H,37,38)(H,42,43). The lowest BCUT2D eigenvalue weighted by molar-refractivity contribution is -0.143. The predicted octanol–water partition coefficient (Wildman–Crippen LogP) is 1.05. The molecule has 1 heterocycles. The lowest BCUT2D eigenvalue weighted by Crippen LogP contribution is -2.58. The van der Waals surface area contributed by atoms with E-state index in [1.54, 1.807) is 20.0 Å². The fourth-order valence-electron chi connectivity index (χ4n) is 4.45. The number of carboxylic acid groups (broad SMARTS) is 2. The zero-order chi connectivity index (χ0) is 31.7. The molecule has 0 bridgehead atoms. The Balaban J connectivity index is 1.90. The zero-order valence-electron chi connectivity index (χ0n) is 23.9. The van der Waals surface area contributed by atoms with Crippen molar-refractivity contribution in [3.05, 3.63) is 65.9 Å². The number of aromatic amines is 1. The SMILES string of the molecule is CC(C)C(N)C(=O)NC(Cc1c[nH]c2ccccc12)C(=O)NC(Cc1ccc(O)cc1)C(=O)NC(CCC(=O)O)C(=O)O. The second kappa shape index (κ2) is 14.8. The first-order valence-electron chi connectivity index (χ1n) is 13.8. The number of carbonyl (C=O) groups is 5. The van der Waals surface area contributed by atoms with Gasteiger partial charge in [0.05, 0.1) is 6.04 Å². The second-order valence-electron chi connectivity index (χ2n) is 10.7. The number of aromatic nitrogens is 1. The summed E-state index contributed by atoms with van der Waals surface area (Å²) < 4.78 is 0. The van der Waals surface area contributed by atoms with Crippen molar-refractivity contribution < 1.29 is 39.3 Å². The molecule has 0 spiro atoms. The minimum absolute atomic E-state index is 0.0172. The van der Waals surface area contributed by atoms with Crippen LogP contribution in [0.15, 0.2) is 54.7 Å². The molecule has 0 fully saturated rings. The third-order valence-corrected chi connectivity index (χ3v) is 7.02. The van der Waals surface area contributed by atoms with Gasteiger partial charge in [0, 0.05) is 36.4 Å². The van der Waals surface area contributed by atoms with Crippen molar-refractivity contribution in [1.29, 1.82) is 0 Å². The Hall–Kier alpha value is -4.91. The van der Waals surface area contributed by atoms with Crippen molar-refractivity contribution in [2.24, 2.45) is 11.7 Å². The molecule has 3 rings (SSSR count). The minimum Gasteiger partial charge on any atom is -0.508 e. The topological polar surface area (TPSA) is 224 Å². The number of para-hydroxylation sites is 1. The molecule has 0 aliphatic heterocycles. The number of hydrogen-bond acceptors (Lipinski definition) is 7. The molecule has 230 valence electrons. The molecule has 9 N–H and O–H groups in total. The Morgan fingerprint density at radius 1 is 0.814 bits per heavy atom. The number of phenols is 1. The summed E-state index contributed by atoms with van der Waals surface area (Å²) in [5.41, 5.74) is 8.13. The van der Waals surface area contributed by atoms with Gasteiger partial charge in [-0.25, -0.2) is 4.79 Å². The highest BCUT2D eigenvalue weighted by Crippen LogP contribution is 2.20. The molecule has 1 aromatic heterocycles. The summed E-state index contributed by atoms with van der Waals surface area (Å²) in [6.45, 7) is 3.53. The number of rotatable bonds is 15. The average molecular weight is 596 g/mol. The Morgan fingerprint density at radius 2 is 1.40 bits per heavy atom. The first kappa shape index (κ1) is 32.6. The molecule has 0 radical (unpaired) electrons. The van der Waals surface area contributed by atoms with Gasteiger partial charge in [-0.05, 0) is 41.7 Å². The van der Waals surface area contributed by atoms with Crippen LogP contribution >= 0.6 is 0 Å². The van der Waals surface area contributed by atoms with Gasteiger partial charge >= 0.3 is 11.9 Å². The van der Waals surface area contributed by atoms with Crippen LogP contribution in [0.4, 0.5) is 0 Å². The van der Waals surface area contributed by atoms with Crippen LogP contribution in [0.3, 0.4) is 0 Å². The highest BCUT2D eigenvalue weighted by atomic mass is 16.4. The number of phenolic OH excluding ortho intramolecular Hbond substituents is 1. The first-order valence-corrected chi connectivity index (χ1v) is 13.8. The second-order valence-corrected chi connectivity index (χ2v) is 10.7. The Morgan fingerprint density at radius 3 is 2.00 bits per heavy atom. The van der Waals surface area contributed by atoms with E-state index in [1.165, 1.54) is 24.3 Å². The normalized spacial score (nSPS) is 14.0. The molecule has 43 heavy (non-hydrogen) atoms. The number of nitrogens with two attached hydrogens (primary N) is 1. The molecule has 13 nitrogen and oxygen atoms in total. The highest BCUT2D eigenvalue weighted by Gasteiger charge is 2.31. The number of H-pyrrole nitrogens is 1. The van der Waals surface area contributed by atoms with Gasteiger partial charge in [0.25, 0.3) is 0 Å². The molecule has 0 aliphatic carbocycles. The van der Waals surface area contributed by atoms with Crippen molar-refractivity contribution in [2.45, 2.75) is 63.7 Å². The quantitative estimate of drug-likeness (QED) is 0.125. The van der Waals surface area contributed by atoms with Gasteiger partial charge in [-0.1, -0.05) is 44.2 Å². The number of amides is 3. The number of carboxylic acids is 2. The number of benzene rings is 2. The van der Waals surface area contributed by atoms with E-state index >= 15 is 0 Å². The largest absolute Gasteiger partial charge is 0.508 e. The highest BCUT2D eigenvalue weighted by molar-refractivity contribution is 5.95. The summed E-state index contributed by atoms with van der Waals surface area (Å²) in [7, 11) is 0. The minimum atomic E-state index is -1.52. The van der Waals surface area contributed by atoms with E-state index in [2.05, 4.69) is 20.9 Å². The van der Waals surface area contributed by atoms with Crippen LogP contribution in [0.2, 0.25) is 0 Å². The van der Waals surface area contributed by atoms with E-state index in [-0.39, 0.29) is 30.9 Å². The van der Waals surface area contributed by atoms with Crippen LogP contribution in [0.1, 0.15) is 37.8 Å². The zero-order valence-corrected chi connectivity index (χ0v) is 23.9. The first-order chi connectivity index (χ1) is 20.3. The van der Waals surface area contributed by atoms with E-state index in [0.717, 1.165) is 16.5 Å². The van der Waals surface area contributed by atoms with Crippen LogP contribution in [0, 0.1) is 5.92 Å². The van der Waals surface area contributed by atoms with Crippen molar-refractivity contribution in [3.63, 3.8) is 0 Å². The van der Waals surface area contributed by atoms with E-state index in [1.807, 2.05) is 24.3 Å². The van der Waals surface area contributed by atoms with Crippen LogP contribution in [-0.4, -0.2) is 74.1 Å². The molecule has 0 saturated carbocycles. The summed E-state index contributed by atoms with van der Waals surface area (Å²) in [5, 5.41) is 36.7. The molecule has 3 aromatic rings. The Kier molecular flexibility index (Phi) is 11.2. The molecule has 4 atom stereocenters. The van der Waals surface area contributed by atoms with Crippen LogP contribution in [0.25, 0.3) is 10.9 Å². The summed E-state index contributed by atoms with van der Waals surface area (Å²) in [5.74, 6) is -5.04. The van der Waals surface area contributed by atoms with Crippen molar-refractivity contribution in [2.75, 3.05) is 0 Å². The lowest BCUT2D eigenvalue weighted by Gasteiger charge is -2.26. The number of carbonyl (C=O) groups excluding carboxylic acids is 3. The van der Waals surface area contributed by atoms with E-state index < -0.39 is 60.2 Å². The van der Waals surface area contributed by atoms with Gasteiger partial charge in [0.2, 0.25) is 17.7 Å². The number of fused-ring (bicyclic) bond motifs is 1. The maximum Gasteiger partial charge on any atom is 0.326 e. The molecular formula is C30H37N5O8. The Labute approximate surface area is 247 Å². The fourth-order valence-corrected chi connectivity index (χ4v) is 4.45. The predicted molar refractivity (Wildman–Crippen MR) is 157 cm³/mol. The van der Waals surface area contributed by atoms with Gasteiger partial charge in [-0.15, -0.1) is 0 Å². The lowest BCUT2D eigenvalue weighted by atomic mass is 10.00. The summed E-state index contributed by atoms with van der Waals surface area (Å²) in [6.07, 6.45) is 0.808. The average Bonchev–Trinajstić information content (AvgIpc) is 3.37. The van der Waals surface area contributed by atoms with Gasteiger partial charge < -0.3 is 42.0 Å². The van der Waals surface area contributed by atoms with Crippen LogP contribution < -0.4 is 21.7 Å². The van der Waals surface area contributed by atoms with Crippen molar-refractivity contribution >= 4 is 40.6 Å². The maximum atomic E-state index is 13.7. The van der Waals surface area contributed by atoms with E-state index in [9.17, 15) is 34.2 Å². The monoisotopic (exact) mass is 595 g/mol. The van der Waals surface area contributed by atoms with Gasteiger partial charge in [-0.2, -0.15) is 0 Å². The van der Waals surface area contributed by atoms with Gasteiger partial charge in [0.1, 0.15) is 23.9 Å². The molecule has 0 saturated heterocycles. The van der Waals surface area contributed by atoms with Crippen molar-refractivity contribution in [3.8, 4) is 5.75 Å². The maximum absolute atomic E-state index is 13.7. The number of hydrogen-bond donors (Lipinski definition) is 8. The smallest absolute Gasteiger partial charge is 0.326 e.